The predicted molar refractivity (Wildman–Crippen MR) is 57.9 cm³/mol. The summed E-state index contributed by atoms with van der Waals surface area (Å²) in [7, 11) is 1.79. The summed E-state index contributed by atoms with van der Waals surface area (Å²) >= 11 is 0. The van der Waals surface area contributed by atoms with Crippen LogP contribution in [0.25, 0.3) is 0 Å². The molecule has 7 heteroatoms. The van der Waals surface area contributed by atoms with Crippen LogP contribution >= 0.6 is 0 Å². The van der Waals surface area contributed by atoms with Crippen LogP contribution in [0.2, 0.25) is 0 Å². The molecule has 2 aromatic heterocycles. The van der Waals surface area contributed by atoms with Gasteiger partial charge in [0.05, 0.1) is 18.1 Å². The Morgan fingerprint density at radius 1 is 1.44 bits per heavy atom. The van der Waals surface area contributed by atoms with E-state index in [1.54, 1.807) is 11.7 Å². The van der Waals surface area contributed by atoms with Gasteiger partial charge in [0, 0.05) is 13.1 Å². The maximum atomic E-state index is 5.50. The van der Waals surface area contributed by atoms with Crippen molar-refractivity contribution in [2.75, 3.05) is 5.43 Å². The molecule has 0 aliphatic rings. The molecule has 0 radical (unpaired) electrons. The van der Waals surface area contributed by atoms with E-state index in [1.165, 1.54) is 12.4 Å². The van der Waals surface area contributed by atoms with Crippen LogP contribution in [0, 0.1) is 6.92 Å². The van der Waals surface area contributed by atoms with Crippen molar-refractivity contribution in [1.82, 2.24) is 19.7 Å². The summed E-state index contributed by atoms with van der Waals surface area (Å²) in [5.74, 6) is 6.62. The van der Waals surface area contributed by atoms with E-state index in [1.807, 2.05) is 13.0 Å². The number of ether oxygens (including phenoxy) is 1. The number of nitrogens with two attached hydrogens (primary N) is 1. The third kappa shape index (κ3) is 2.09. The van der Waals surface area contributed by atoms with Gasteiger partial charge in [-0.05, 0) is 6.92 Å². The van der Waals surface area contributed by atoms with Crippen molar-refractivity contribution in [3.63, 3.8) is 0 Å². The minimum atomic E-state index is 0.360. The molecule has 0 aliphatic carbocycles. The summed E-state index contributed by atoms with van der Waals surface area (Å²) < 4.78 is 7.13. The molecule has 84 valence electrons. The molecule has 2 rings (SSSR count). The molecule has 2 aromatic rings. The summed E-state index contributed by atoms with van der Waals surface area (Å²) in [6, 6.07) is 1.81. The minimum Gasteiger partial charge on any atom is -0.419 e. The smallest absolute Gasteiger partial charge is 0.241 e. The standard InChI is InChI=1S/C9H12N6O/c1-6-3-9(15(2)14-6)16-8-5-11-4-7(12-8)13-10/h3-5H,10H2,1-2H3,(H,12,13). The van der Waals surface area contributed by atoms with Gasteiger partial charge in [-0.1, -0.05) is 0 Å². The number of hydrogen-bond acceptors (Lipinski definition) is 6. The number of anilines is 1. The molecule has 2 heterocycles. The van der Waals surface area contributed by atoms with Gasteiger partial charge in [0.1, 0.15) is 0 Å². The van der Waals surface area contributed by atoms with Crippen LogP contribution in [0.4, 0.5) is 5.82 Å². The van der Waals surface area contributed by atoms with Gasteiger partial charge in [0.25, 0.3) is 0 Å². The van der Waals surface area contributed by atoms with Crippen LogP contribution < -0.4 is 16.0 Å². The van der Waals surface area contributed by atoms with E-state index in [-0.39, 0.29) is 0 Å². The molecule has 0 fully saturated rings. The van der Waals surface area contributed by atoms with E-state index >= 15 is 0 Å². The molecule has 0 saturated carbocycles. The summed E-state index contributed by atoms with van der Waals surface area (Å²) in [5.41, 5.74) is 3.27. The van der Waals surface area contributed by atoms with Crippen molar-refractivity contribution < 1.29 is 4.74 Å². The van der Waals surface area contributed by atoms with Gasteiger partial charge < -0.3 is 10.2 Å². The summed E-state index contributed by atoms with van der Waals surface area (Å²) in [6.07, 6.45) is 3.00. The van der Waals surface area contributed by atoms with Gasteiger partial charge in [-0.3, -0.25) is 4.98 Å². The zero-order valence-electron chi connectivity index (χ0n) is 9.01. The van der Waals surface area contributed by atoms with Gasteiger partial charge in [-0.2, -0.15) is 10.1 Å². The minimum absolute atomic E-state index is 0.360. The van der Waals surface area contributed by atoms with E-state index in [0.717, 1.165) is 5.69 Å². The Labute approximate surface area is 92.2 Å². The Bertz CT molecular complexity index is 494. The lowest BCUT2D eigenvalue weighted by atomic mass is 10.5. The second kappa shape index (κ2) is 4.15. The molecule has 7 nitrogen and oxygen atoms in total. The highest BCUT2D eigenvalue weighted by Gasteiger charge is 2.06. The number of aryl methyl sites for hydroxylation is 2. The Balaban J connectivity index is 2.23. The van der Waals surface area contributed by atoms with Gasteiger partial charge in [0.2, 0.25) is 11.8 Å². The number of nitrogens with one attached hydrogen (secondary N) is 1. The summed E-state index contributed by atoms with van der Waals surface area (Å²) in [6.45, 7) is 1.89. The number of hydrogen-bond donors (Lipinski definition) is 2. The molecule has 0 bridgehead atoms. The average molecular weight is 220 g/mol. The number of nitrogen functional groups attached to an aromatic ring is 1. The maximum Gasteiger partial charge on any atom is 0.241 e. The first kappa shape index (κ1) is 10.4. The summed E-state index contributed by atoms with van der Waals surface area (Å²) in [4.78, 5) is 8.00. The van der Waals surface area contributed by atoms with Gasteiger partial charge in [0.15, 0.2) is 5.82 Å². The number of aromatic nitrogens is 4. The normalized spacial score (nSPS) is 10.2. The third-order valence-corrected chi connectivity index (χ3v) is 1.93. The Hall–Kier alpha value is -2.15. The summed E-state index contributed by atoms with van der Waals surface area (Å²) in [5, 5.41) is 4.15. The van der Waals surface area contributed by atoms with Gasteiger partial charge in [-0.25, -0.2) is 10.5 Å². The van der Waals surface area contributed by atoms with Crippen LogP contribution in [0.1, 0.15) is 5.69 Å². The molecule has 0 aliphatic heterocycles. The van der Waals surface area contributed by atoms with Crippen molar-refractivity contribution in [1.29, 1.82) is 0 Å². The molecule has 0 saturated heterocycles. The highest BCUT2D eigenvalue weighted by molar-refractivity contribution is 5.32. The maximum absolute atomic E-state index is 5.50. The van der Waals surface area contributed by atoms with Crippen molar-refractivity contribution >= 4 is 5.82 Å². The lowest BCUT2D eigenvalue weighted by Gasteiger charge is -2.04. The monoisotopic (exact) mass is 220 g/mol. The van der Waals surface area contributed by atoms with Crippen molar-refractivity contribution in [2.45, 2.75) is 6.92 Å². The fraction of sp³-hybridized carbons (Fsp3) is 0.222. The van der Waals surface area contributed by atoms with E-state index in [2.05, 4.69) is 20.5 Å². The zero-order chi connectivity index (χ0) is 11.5. The van der Waals surface area contributed by atoms with E-state index in [9.17, 15) is 0 Å². The lowest BCUT2D eigenvalue weighted by molar-refractivity contribution is 0.414. The van der Waals surface area contributed by atoms with Crippen LogP contribution in [0.5, 0.6) is 11.8 Å². The SMILES string of the molecule is Cc1cc(Oc2cncc(NN)n2)n(C)n1. The van der Waals surface area contributed by atoms with Crippen LogP contribution in [-0.4, -0.2) is 19.7 Å². The first-order chi connectivity index (χ1) is 7.69. The molecule has 0 aromatic carbocycles. The number of hydrazine groups is 1. The first-order valence-corrected chi connectivity index (χ1v) is 4.66. The predicted octanol–water partition coefficient (Wildman–Crippen LogP) is 0.596. The highest BCUT2D eigenvalue weighted by Crippen LogP contribution is 2.19. The van der Waals surface area contributed by atoms with Crippen molar-refractivity contribution in [3.8, 4) is 11.8 Å². The molecule has 0 unspecified atom stereocenters. The fourth-order valence-corrected chi connectivity index (χ4v) is 1.26. The number of nitrogens with zero attached hydrogens (tertiary/aromatic N) is 4. The second-order valence-corrected chi connectivity index (χ2v) is 3.24. The second-order valence-electron chi connectivity index (χ2n) is 3.24. The Kier molecular flexibility index (Phi) is 2.69. The van der Waals surface area contributed by atoms with Crippen LogP contribution in [-0.2, 0) is 7.05 Å². The Morgan fingerprint density at radius 2 is 2.25 bits per heavy atom. The van der Waals surface area contributed by atoms with Crippen molar-refractivity contribution in [2.24, 2.45) is 12.9 Å². The first-order valence-electron chi connectivity index (χ1n) is 4.66. The molecule has 0 spiro atoms. The quantitative estimate of drug-likeness (QED) is 0.581. The molecule has 3 N–H and O–H groups in total. The van der Waals surface area contributed by atoms with Gasteiger partial charge >= 0.3 is 0 Å². The topological polar surface area (TPSA) is 90.9 Å². The van der Waals surface area contributed by atoms with E-state index in [4.69, 9.17) is 10.6 Å². The van der Waals surface area contributed by atoms with E-state index in [0.29, 0.717) is 17.6 Å². The lowest BCUT2D eigenvalue weighted by Crippen LogP contribution is -2.09. The Morgan fingerprint density at radius 3 is 2.88 bits per heavy atom. The average Bonchev–Trinajstić information content (AvgIpc) is 2.58. The van der Waals surface area contributed by atoms with Gasteiger partial charge in [-0.15, -0.1) is 0 Å². The third-order valence-electron chi connectivity index (χ3n) is 1.93. The molecule has 16 heavy (non-hydrogen) atoms. The van der Waals surface area contributed by atoms with Crippen molar-refractivity contribution in [3.05, 3.63) is 24.2 Å². The highest BCUT2D eigenvalue weighted by atomic mass is 16.5. The molecular formula is C9H12N6O. The zero-order valence-corrected chi connectivity index (χ0v) is 9.01. The largest absolute Gasteiger partial charge is 0.419 e. The molecule has 0 amide bonds. The van der Waals surface area contributed by atoms with Crippen LogP contribution in [0.15, 0.2) is 18.5 Å². The molecular weight excluding hydrogens is 208 g/mol. The van der Waals surface area contributed by atoms with E-state index < -0.39 is 0 Å². The molecule has 0 atom stereocenters. The number of rotatable bonds is 3. The van der Waals surface area contributed by atoms with Crippen LogP contribution in [0.3, 0.4) is 0 Å². The fourth-order valence-electron chi connectivity index (χ4n) is 1.26.